The Morgan fingerprint density at radius 1 is 0.938 bits per heavy atom. The van der Waals surface area contributed by atoms with Gasteiger partial charge >= 0.3 is 6.18 Å². The zero-order valence-corrected chi connectivity index (χ0v) is 10.6. The van der Waals surface area contributed by atoms with Crippen LogP contribution in [0.2, 0.25) is 0 Å². The molecule has 0 amide bonds. The predicted molar refractivity (Wildman–Crippen MR) is 60.1 cm³/mol. The Morgan fingerprint density at radius 2 is 1.31 bits per heavy atom. The highest BCUT2D eigenvalue weighted by Crippen LogP contribution is 2.47. The number of alkyl halides is 3. The molecule has 0 bridgehead atoms. The normalized spacial score (nSPS) is 31.7. The molecule has 0 N–H and O–H groups in total. The van der Waals surface area contributed by atoms with Crippen LogP contribution in [0.15, 0.2) is 0 Å². The van der Waals surface area contributed by atoms with Crippen molar-refractivity contribution in [3.05, 3.63) is 0 Å². The van der Waals surface area contributed by atoms with Crippen molar-refractivity contribution >= 4 is 0 Å². The zero-order chi connectivity index (χ0) is 12.5. The second-order valence-electron chi connectivity index (χ2n) is 5.97. The van der Waals surface area contributed by atoms with Crippen LogP contribution in [-0.4, -0.2) is 6.18 Å². The Kier molecular flexibility index (Phi) is 4.30. The number of rotatable bonds is 3. The molecule has 0 heterocycles. The summed E-state index contributed by atoms with van der Waals surface area (Å²) < 4.78 is 37.1. The highest BCUT2D eigenvalue weighted by Gasteiger charge is 2.42. The van der Waals surface area contributed by atoms with E-state index in [-0.39, 0.29) is 5.92 Å². The van der Waals surface area contributed by atoms with E-state index in [1.165, 1.54) is 0 Å². The molecule has 0 aromatic heterocycles. The number of hydrogen-bond acceptors (Lipinski definition) is 0. The first kappa shape index (κ1) is 13.9. The van der Waals surface area contributed by atoms with Gasteiger partial charge in [-0.2, -0.15) is 13.2 Å². The predicted octanol–water partition coefficient (Wildman–Crippen LogP) is 4.89. The minimum atomic E-state index is -3.99. The molecule has 1 fully saturated rings. The van der Waals surface area contributed by atoms with Gasteiger partial charge in [-0.3, -0.25) is 0 Å². The van der Waals surface area contributed by atoms with E-state index in [0.29, 0.717) is 23.7 Å². The lowest BCUT2D eigenvalue weighted by atomic mass is 9.80. The molecule has 1 aliphatic carbocycles. The van der Waals surface area contributed by atoms with Crippen LogP contribution in [0, 0.1) is 29.6 Å². The maximum absolute atomic E-state index is 12.4. The van der Waals surface area contributed by atoms with Gasteiger partial charge in [-0.05, 0) is 42.4 Å². The summed E-state index contributed by atoms with van der Waals surface area (Å²) in [6.45, 7) is 8.54. The van der Waals surface area contributed by atoms with Gasteiger partial charge in [0.15, 0.2) is 0 Å². The van der Waals surface area contributed by atoms with Crippen molar-refractivity contribution < 1.29 is 13.2 Å². The first-order valence-corrected chi connectivity index (χ1v) is 6.27. The van der Waals surface area contributed by atoms with E-state index in [1.807, 2.05) is 0 Å². The molecule has 1 saturated carbocycles. The van der Waals surface area contributed by atoms with E-state index in [9.17, 15) is 13.2 Å². The Labute approximate surface area is 96.6 Å². The molecule has 0 spiro atoms. The third-order valence-corrected chi connectivity index (χ3v) is 3.99. The minimum Gasteiger partial charge on any atom is -0.171 e. The van der Waals surface area contributed by atoms with Crippen LogP contribution < -0.4 is 0 Å². The van der Waals surface area contributed by atoms with E-state index in [4.69, 9.17) is 0 Å². The topological polar surface area (TPSA) is 0 Å². The van der Waals surface area contributed by atoms with Gasteiger partial charge in [0.2, 0.25) is 0 Å². The van der Waals surface area contributed by atoms with Crippen LogP contribution >= 0.6 is 0 Å². The summed E-state index contributed by atoms with van der Waals surface area (Å²) in [4.78, 5) is 0. The van der Waals surface area contributed by atoms with Crippen molar-refractivity contribution in [2.45, 2.75) is 53.1 Å². The van der Waals surface area contributed by atoms with Crippen molar-refractivity contribution in [1.29, 1.82) is 0 Å². The fourth-order valence-electron chi connectivity index (χ4n) is 3.24. The Bertz CT molecular complexity index is 202. The molecule has 0 radical (unpaired) electrons. The lowest BCUT2D eigenvalue weighted by molar-refractivity contribution is -0.144. The Hall–Kier alpha value is -0.210. The van der Waals surface area contributed by atoms with E-state index < -0.39 is 12.6 Å². The van der Waals surface area contributed by atoms with Crippen molar-refractivity contribution in [2.75, 3.05) is 0 Å². The molecule has 2 unspecified atom stereocenters. The molecule has 0 aromatic carbocycles. The molecule has 16 heavy (non-hydrogen) atoms. The SMILES string of the molecule is CC(C)C1CC(CC(F)(F)F)CC1C(C)C. The maximum atomic E-state index is 12.4. The van der Waals surface area contributed by atoms with Crippen molar-refractivity contribution in [3.8, 4) is 0 Å². The van der Waals surface area contributed by atoms with Gasteiger partial charge in [0.1, 0.15) is 0 Å². The third-order valence-electron chi connectivity index (χ3n) is 3.99. The van der Waals surface area contributed by atoms with Gasteiger partial charge in [-0.25, -0.2) is 0 Å². The fourth-order valence-corrected chi connectivity index (χ4v) is 3.24. The number of halogens is 3. The lowest BCUT2D eigenvalue weighted by Crippen LogP contribution is -2.18. The molecule has 0 aliphatic heterocycles. The standard InChI is InChI=1S/C13H23F3/c1-8(2)11-5-10(7-13(14,15)16)6-12(11)9(3)4/h8-12H,5-7H2,1-4H3. The first-order chi connectivity index (χ1) is 7.20. The van der Waals surface area contributed by atoms with Gasteiger partial charge in [-0.15, -0.1) is 0 Å². The number of hydrogen-bond donors (Lipinski definition) is 0. The summed E-state index contributed by atoms with van der Waals surface area (Å²) in [5, 5.41) is 0. The second-order valence-corrected chi connectivity index (χ2v) is 5.97. The summed E-state index contributed by atoms with van der Waals surface area (Å²) in [7, 11) is 0. The molecule has 0 nitrogen and oxygen atoms in total. The third kappa shape index (κ3) is 3.67. The van der Waals surface area contributed by atoms with Crippen LogP contribution in [0.3, 0.4) is 0 Å². The molecular formula is C13H23F3. The van der Waals surface area contributed by atoms with Crippen molar-refractivity contribution in [1.82, 2.24) is 0 Å². The molecule has 3 heteroatoms. The van der Waals surface area contributed by atoms with Crippen molar-refractivity contribution in [3.63, 3.8) is 0 Å². The van der Waals surface area contributed by atoms with Gasteiger partial charge in [0, 0.05) is 6.42 Å². The van der Waals surface area contributed by atoms with Gasteiger partial charge in [0.25, 0.3) is 0 Å². The van der Waals surface area contributed by atoms with Gasteiger partial charge < -0.3 is 0 Å². The minimum absolute atomic E-state index is 0.139. The van der Waals surface area contributed by atoms with Crippen LogP contribution in [-0.2, 0) is 0 Å². The van der Waals surface area contributed by atoms with Crippen LogP contribution in [0.1, 0.15) is 47.0 Å². The largest absolute Gasteiger partial charge is 0.389 e. The van der Waals surface area contributed by atoms with Crippen molar-refractivity contribution in [2.24, 2.45) is 29.6 Å². The smallest absolute Gasteiger partial charge is 0.171 e. The lowest BCUT2D eigenvalue weighted by Gasteiger charge is -2.26. The van der Waals surface area contributed by atoms with Crippen LogP contribution in [0.5, 0.6) is 0 Å². The highest BCUT2D eigenvalue weighted by molar-refractivity contribution is 4.87. The van der Waals surface area contributed by atoms with Crippen LogP contribution in [0.25, 0.3) is 0 Å². The summed E-state index contributed by atoms with van der Waals surface area (Å²) in [6.07, 6.45) is -3.04. The molecule has 0 aromatic rings. The summed E-state index contributed by atoms with van der Waals surface area (Å²) >= 11 is 0. The van der Waals surface area contributed by atoms with Crippen LogP contribution in [0.4, 0.5) is 13.2 Å². The van der Waals surface area contributed by atoms with E-state index in [0.717, 1.165) is 12.8 Å². The highest BCUT2D eigenvalue weighted by atomic mass is 19.4. The summed E-state index contributed by atoms with van der Waals surface area (Å²) in [5.41, 5.74) is 0. The fraction of sp³-hybridized carbons (Fsp3) is 1.00. The zero-order valence-electron chi connectivity index (χ0n) is 10.6. The van der Waals surface area contributed by atoms with E-state index in [2.05, 4.69) is 27.7 Å². The quantitative estimate of drug-likeness (QED) is 0.654. The van der Waals surface area contributed by atoms with Gasteiger partial charge in [0.05, 0.1) is 0 Å². The average molecular weight is 236 g/mol. The summed E-state index contributed by atoms with van der Waals surface area (Å²) in [6, 6.07) is 0. The first-order valence-electron chi connectivity index (χ1n) is 6.27. The molecular weight excluding hydrogens is 213 g/mol. The molecule has 0 saturated heterocycles. The molecule has 2 atom stereocenters. The average Bonchev–Trinajstić information content (AvgIpc) is 2.44. The monoisotopic (exact) mass is 236 g/mol. The van der Waals surface area contributed by atoms with Gasteiger partial charge in [-0.1, -0.05) is 27.7 Å². The maximum Gasteiger partial charge on any atom is 0.389 e. The second kappa shape index (κ2) is 4.97. The Morgan fingerprint density at radius 3 is 1.56 bits per heavy atom. The van der Waals surface area contributed by atoms with E-state index in [1.54, 1.807) is 0 Å². The molecule has 96 valence electrons. The van der Waals surface area contributed by atoms with E-state index >= 15 is 0 Å². The Balaban J connectivity index is 2.62. The molecule has 1 aliphatic rings. The summed E-state index contributed by atoms with van der Waals surface area (Å²) in [5.74, 6) is 1.83. The molecule has 1 rings (SSSR count).